The SMILES string of the molecule is O=CC1C(CNc2cc(C(F)(F)F)nc3cc(Br)nn23)C1c1ccccc1. The van der Waals surface area contributed by atoms with Crippen LogP contribution in [0, 0.1) is 11.8 Å². The second kappa shape index (κ2) is 6.63. The predicted molar refractivity (Wildman–Crippen MR) is 96.4 cm³/mol. The van der Waals surface area contributed by atoms with Crippen LogP contribution in [0.4, 0.5) is 19.0 Å². The first-order chi connectivity index (χ1) is 12.9. The van der Waals surface area contributed by atoms with Crippen molar-refractivity contribution in [1.82, 2.24) is 14.6 Å². The maximum atomic E-state index is 13.1. The number of hydrogen-bond donors (Lipinski definition) is 1. The average molecular weight is 439 g/mol. The molecule has 2 aromatic heterocycles. The fraction of sp³-hybridized carbons (Fsp3) is 0.278. The van der Waals surface area contributed by atoms with Gasteiger partial charge in [0.2, 0.25) is 0 Å². The van der Waals surface area contributed by atoms with Gasteiger partial charge in [-0.05, 0) is 33.3 Å². The van der Waals surface area contributed by atoms with Crippen molar-refractivity contribution in [1.29, 1.82) is 0 Å². The van der Waals surface area contributed by atoms with Crippen molar-refractivity contribution in [3.05, 3.63) is 58.3 Å². The van der Waals surface area contributed by atoms with Gasteiger partial charge in [-0.3, -0.25) is 0 Å². The minimum absolute atomic E-state index is 0.0152. The number of fused-ring (bicyclic) bond motifs is 1. The molecule has 1 saturated carbocycles. The third-order valence-electron chi connectivity index (χ3n) is 4.78. The van der Waals surface area contributed by atoms with Crippen molar-refractivity contribution in [2.75, 3.05) is 11.9 Å². The number of rotatable bonds is 5. The average Bonchev–Trinajstić information content (AvgIpc) is 3.21. The number of alkyl halides is 3. The lowest BCUT2D eigenvalue weighted by molar-refractivity contribution is -0.141. The van der Waals surface area contributed by atoms with Gasteiger partial charge in [0.1, 0.15) is 16.7 Å². The van der Waals surface area contributed by atoms with Crippen molar-refractivity contribution < 1.29 is 18.0 Å². The van der Waals surface area contributed by atoms with E-state index in [1.165, 1.54) is 10.6 Å². The van der Waals surface area contributed by atoms with Crippen LogP contribution in [-0.2, 0) is 11.0 Å². The second-order valence-corrected chi connectivity index (χ2v) is 7.27. The summed E-state index contributed by atoms with van der Waals surface area (Å²) < 4.78 is 41.1. The quantitative estimate of drug-likeness (QED) is 0.607. The highest BCUT2D eigenvalue weighted by molar-refractivity contribution is 9.10. The van der Waals surface area contributed by atoms with Crippen LogP contribution < -0.4 is 5.32 Å². The summed E-state index contributed by atoms with van der Waals surface area (Å²) in [6.45, 7) is 0.358. The number of nitrogens with zero attached hydrogens (tertiary/aromatic N) is 3. The highest BCUT2D eigenvalue weighted by atomic mass is 79.9. The lowest BCUT2D eigenvalue weighted by atomic mass is 10.1. The Morgan fingerprint density at radius 3 is 2.63 bits per heavy atom. The van der Waals surface area contributed by atoms with Crippen molar-refractivity contribution >= 4 is 33.7 Å². The van der Waals surface area contributed by atoms with E-state index in [0.717, 1.165) is 17.9 Å². The summed E-state index contributed by atoms with van der Waals surface area (Å²) in [5, 5.41) is 7.14. The summed E-state index contributed by atoms with van der Waals surface area (Å²) in [5.41, 5.74) is 0.146. The van der Waals surface area contributed by atoms with E-state index in [2.05, 4.69) is 31.3 Å². The summed E-state index contributed by atoms with van der Waals surface area (Å²) in [6, 6.07) is 12.0. The zero-order chi connectivity index (χ0) is 19.2. The summed E-state index contributed by atoms with van der Waals surface area (Å²) in [4.78, 5) is 15.0. The summed E-state index contributed by atoms with van der Waals surface area (Å²) in [6.07, 6.45) is -3.65. The van der Waals surface area contributed by atoms with E-state index < -0.39 is 11.9 Å². The first-order valence-electron chi connectivity index (χ1n) is 8.26. The van der Waals surface area contributed by atoms with Gasteiger partial charge in [-0.1, -0.05) is 30.3 Å². The molecule has 1 aliphatic carbocycles. The molecule has 4 rings (SSSR count). The Bertz CT molecular complexity index is 989. The second-order valence-electron chi connectivity index (χ2n) is 6.46. The predicted octanol–water partition coefficient (Wildman–Crippen LogP) is 4.15. The topological polar surface area (TPSA) is 59.3 Å². The number of aldehydes is 1. The minimum Gasteiger partial charge on any atom is -0.370 e. The number of nitrogens with one attached hydrogen (secondary N) is 1. The maximum absolute atomic E-state index is 13.1. The normalized spacial score (nSPS) is 22.0. The molecule has 140 valence electrons. The van der Waals surface area contributed by atoms with E-state index in [0.29, 0.717) is 11.1 Å². The molecule has 1 aromatic carbocycles. The molecule has 1 aliphatic rings. The molecule has 3 atom stereocenters. The maximum Gasteiger partial charge on any atom is 0.433 e. The van der Waals surface area contributed by atoms with Crippen LogP contribution in [0.2, 0.25) is 0 Å². The highest BCUT2D eigenvalue weighted by Crippen LogP contribution is 2.52. The molecule has 0 spiro atoms. The van der Waals surface area contributed by atoms with Crippen molar-refractivity contribution in [3.8, 4) is 0 Å². The fourth-order valence-corrected chi connectivity index (χ4v) is 3.80. The summed E-state index contributed by atoms with van der Waals surface area (Å²) >= 11 is 3.16. The van der Waals surface area contributed by atoms with Gasteiger partial charge in [0.25, 0.3) is 0 Å². The van der Waals surface area contributed by atoms with Gasteiger partial charge >= 0.3 is 6.18 Å². The number of carbonyl (C=O) groups is 1. The van der Waals surface area contributed by atoms with Gasteiger partial charge in [-0.15, -0.1) is 0 Å². The third kappa shape index (κ3) is 3.43. The molecule has 0 amide bonds. The van der Waals surface area contributed by atoms with Crippen LogP contribution in [-0.4, -0.2) is 27.4 Å². The number of benzene rings is 1. The zero-order valence-corrected chi connectivity index (χ0v) is 15.4. The molecule has 3 unspecified atom stereocenters. The number of anilines is 1. The monoisotopic (exact) mass is 438 g/mol. The molecule has 5 nitrogen and oxygen atoms in total. The van der Waals surface area contributed by atoms with E-state index in [9.17, 15) is 18.0 Å². The van der Waals surface area contributed by atoms with Gasteiger partial charge in [-0.2, -0.15) is 22.8 Å². The molecule has 2 heterocycles. The largest absolute Gasteiger partial charge is 0.433 e. The van der Waals surface area contributed by atoms with E-state index in [1.54, 1.807) is 0 Å². The Morgan fingerprint density at radius 2 is 1.96 bits per heavy atom. The van der Waals surface area contributed by atoms with Gasteiger partial charge in [0.05, 0.1) is 0 Å². The summed E-state index contributed by atoms with van der Waals surface area (Å²) in [7, 11) is 0. The molecule has 1 N–H and O–H groups in total. The number of halogens is 4. The van der Waals surface area contributed by atoms with Crippen LogP contribution in [0.1, 0.15) is 17.2 Å². The Balaban J connectivity index is 1.59. The molecule has 0 bridgehead atoms. The van der Waals surface area contributed by atoms with E-state index in [4.69, 9.17) is 0 Å². The van der Waals surface area contributed by atoms with Crippen LogP contribution in [0.3, 0.4) is 0 Å². The van der Waals surface area contributed by atoms with Gasteiger partial charge in [-0.25, -0.2) is 4.98 Å². The van der Waals surface area contributed by atoms with Gasteiger partial charge < -0.3 is 10.1 Å². The molecule has 0 aliphatic heterocycles. The van der Waals surface area contributed by atoms with Crippen LogP contribution >= 0.6 is 15.9 Å². The van der Waals surface area contributed by atoms with E-state index in [1.807, 2.05) is 30.3 Å². The summed E-state index contributed by atoms with van der Waals surface area (Å²) in [5.74, 6) is 0.117. The highest BCUT2D eigenvalue weighted by Gasteiger charge is 2.50. The van der Waals surface area contributed by atoms with Crippen LogP contribution in [0.15, 0.2) is 47.1 Å². The first kappa shape index (κ1) is 18.0. The Hall–Kier alpha value is -2.42. The minimum atomic E-state index is -4.56. The molecule has 0 saturated heterocycles. The molecule has 1 fully saturated rings. The molecular weight excluding hydrogens is 425 g/mol. The standard InChI is InChI=1S/C18H14BrF3N4O/c19-14-7-16-24-13(18(20,21)22)6-15(26(16)25-14)23-8-11-12(9-27)17(11)10-4-2-1-3-5-10/h1-7,9,11-12,17,23H,8H2. The fourth-order valence-electron chi connectivity index (χ4n) is 3.43. The number of aromatic nitrogens is 3. The van der Waals surface area contributed by atoms with Crippen molar-refractivity contribution in [2.24, 2.45) is 11.8 Å². The Labute approximate surface area is 160 Å². The van der Waals surface area contributed by atoms with Crippen LogP contribution in [0.25, 0.3) is 5.65 Å². The zero-order valence-electron chi connectivity index (χ0n) is 13.8. The van der Waals surface area contributed by atoms with Gasteiger partial charge in [0.15, 0.2) is 11.3 Å². The lowest BCUT2D eigenvalue weighted by Gasteiger charge is -2.12. The van der Waals surface area contributed by atoms with Crippen molar-refractivity contribution in [3.63, 3.8) is 0 Å². The Morgan fingerprint density at radius 1 is 1.22 bits per heavy atom. The molecule has 3 aromatic rings. The molecule has 9 heteroatoms. The van der Waals surface area contributed by atoms with E-state index >= 15 is 0 Å². The van der Waals surface area contributed by atoms with Crippen molar-refractivity contribution in [2.45, 2.75) is 12.1 Å². The number of hydrogen-bond acceptors (Lipinski definition) is 4. The molecular formula is C18H14BrF3N4O. The van der Waals surface area contributed by atoms with E-state index in [-0.39, 0.29) is 29.2 Å². The molecule has 27 heavy (non-hydrogen) atoms. The molecule has 0 radical (unpaired) electrons. The Kier molecular flexibility index (Phi) is 4.41. The lowest BCUT2D eigenvalue weighted by Crippen LogP contribution is -2.15. The smallest absolute Gasteiger partial charge is 0.370 e. The van der Waals surface area contributed by atoms with Crippen LogP contribution in [0.5, 0.6) is 0 Å². The number of carbonyl (C=O) groups excluding carboxylic acids is 1. The third-order valence-corrected chi connectivity index (χ3v) is 5.17. The van der Waals surface area contributed by atoms with Gasteiger partial charge in [0, 0.05) is 24.6 Å². The first-order valence-corrected chi connectivity index (χ1v) is 9.05.